The number of rotatable bonds is 5. The zero-order valence-electron chi connectivity index (χ0n) is 15.9. The van der Waals surface area contributed by atoms with Crippen LogP contribution < -0.4 is 0 Å². The number of hydrogen-bond donors (Lipinski definition) is 1. The monoisotopic (exact) mass is 400 g/mol. The van der Waals surface area contributed by atoms with Crippen molar-refractivity contribution in [3.05, 3.63) is 93.4 Å². The Labute approximate surface area is 171 Å². The number of nitro groups is 1. The highest BCUT2D eigenvalue weighted by Gasteiger charge is 2.12. The highest BCUT2D eigenvalue weighted by atomic mass is 16.6. The van der Waals surface area contributed by atoms with Crippen LogP contribution in [0.2, 0.25) is 0 Å². The van der Waals surface area contributed by atoms with Crippen LogP contribution in [0.4, 0.5) is 5.69 Å². The van der Waals surface area contributed by atoms with Gasteiger partial charge in [-0.05, 0) is 61.5 Å². The summed E-state index contributed by atoms with van der Waals surface area (Å²) in [6.07, 6.45) is 3.38. The first kappa shape index (κ1) is 19.1. The van der Waals surface area contributed by atoms with Gasteiger partial charge in [0.05, 0.1) is 21.7 Å². The molecule has 7 nitrogen and oxygen atoms in total. The second-order valence-electron chi connectivity index (χ2n) is 6.76. The Morgan fingerprint density at radius 1 is 1.07 bits per heavy atom. The minimum absolute atomic E-state index is 0.0113. The van der Waals surface area contributed by atoms with Gasteiger partial charge in [0.1, 0.15) is 11.5 Å². The summed E-state index contributed by atoms with van der Waals surface area (Å²) in [6.45, 7) is 1.90. The van der Waals surface area contributed by atoms with Gasteiger partial charge in [0.15, 0.2) is 0 Å². The van der Waals surface area contributed by atoms with Crippen molar-refractivity contribution in [1.82, 2.24) is 4.98 Å². The number of carboxylic acids is 1. The van der Waals surface area contributed by atoms with Gasteiger partial charge < -0.3 is 9.52 Å². The van der Waals surface area contributed by atoms with Crippen molar-refractivity contribution < 1.29 is 19.2 Å². The number of hydrogen-bond acceptors (Lipinski definition) is 5. The molecule has 0 fully saturated rings. The van der Waals surface area contributed by atoms with Crippen molar-refractivity contribution in [1.29, 1.82) is 0 Å². The molecule has 0 aliphatic carbocycles. The first-order valence-electron chi connectivity index (χ1n) is 9.08. The summed E-state index contributed by atoms with van der Waals surface area (Å²) in [4.78, 5) is 26.5. The predicted octanol–water partition coefficient (Wildman–Crippen LogP) is 5.58. The average molecular weight is 400 g/mol. The second kappa shape index (κ2) is 7.63. The lowest BCUT2D eigenvalue weighted by Crippen LogP contribution is -2.00. The molecular formula is C23H16N2O5. The molecule has 0 aliphatic heterocycles. The molecule has 0 radical (unpaired) electrons. The molecule has 2 aromatic heterocycles. The van der Waals surface area contributed by atoms with Gasteiger partial charge in [-0.1, -0.05) is 11.6 Å². The van der Waals surface area contributed by atoms with Crippen molar-refractivity contribution >= 4 is 34.7 Å². The van der Waals surface area contributed by atoms with Crippen LogP contribution in [0.3, 0.4) is 0 Å². The number of benzene rings is 2. The Kier molecular flexibility index (Phi) is 4.85. The molecule has 0 unspecified atom stereocenters. The number of aromatic carboxylic acids is 1. The molecule has 0 amide bonds. The lowest BCUT2D eigenvalue weighted by molar-refractivity contribution is -0.384. The first-order chi connectivity index (χ1) is 14.4. The fourth-order valence-corrected chi connectivity index (χ4v) is 3.13. The zero-order valence-corrected chi connectivity index (χ0v) is 15.9. The number of fused-ring (bicyclic) bond motifs is 1. The third-order valence-electron chi connectivity index (χ3n) is 4.62. The Hall–Kier alpha value is -4.26. The van der Waals surface area contributed by atoms with Crippen LogP contribution in [-0.2, 0) is 0 Å². The highest BCUT2D eigenvalue weighted by molar-refractivity contribution is 6.03. The number of pyridine rings is 1. The molecule has 0 bridgehead atoms. The Bertz CT molecular complexity index is 1300. The third kappa shape index (κ3) is 3.81. The van der Waals surface area contributed by atoms with E-state index in [1.807, 2.05) is 19.1 Å². The number of nitrogens with zero attached hydrogens (tertiary/aromatic N) is 2. The van der Waals surface area contributed by atoms with Gasteiger partial charge in [-0.2, -0.15) is 0 Å². The van der Waals surface area contributed by atoms with E-state index >= 15 is 0 Å². The van der Waals surface area contributed by atoms with Gasteiger partial charge in [-0.3, -0.25) is 10.1 Å². The smallest absolute Gasteiger partial charge is 0.336 e. The molecule has 2 aromatic carbocycles. The van der Waals surface area contributed by atoms with Crippen molar-refractivity contribution in [2.45, 2.75) is 6.92 Å². The zero-order chi connectivity index (χ0) is 21.3. The number of carbonyl (C=O) groups is 1. The Morgan fingerprint density at radius 2 is 1.83 bits per heavy atom. The van der Waals surface area contributed by atoms with Gasteiger partial charge in [-0.25, -0.2) is 9.78 Å². The maximum Gasteiger partial charge on any atom is 0.336 e. The molecule has 1 N–H and O–H groups in total. The number of aryl methyl sites for hydroxylation is 1. The van der Waals surface area contributed by atoms with E-state index < -0.39 is 10.9 Å². The fraction of sp³-hybridized carbons (Fsp3) is 0.0435. The number of non-ortho nitro benzene ring substituents is 1. The Balaban J connectivity index is 1.63. The van der Waals surface area contributed by atoms with E-state index in [1.54, 1.807) is 42.5 Å². The fourth-order valence-electron chi connectivity index (χ4n) is 3.13. The second-order valence-corrected chi connectivity index (χ2v) is 6.76. The molecule has 0 aliphatic rings. The van der Waals surface area contributed by atoms with E-state index in [9.17, 15) is 20.0 Å². The molecule has 0 spiro atoms. The summed E-state index contributed by atoms with van der Waals surface area (Å²) in [5, 5.41) is 20.9. The van der Waals surface area contributed by atoms with Crippen molar-refractivity contribution in [2.75, 3.05) is 0 Å². The molecule has 2 heterocycles. The lowest BCUT2D eigenvalue weighted by atomic mass is 10.1. The van der Waals surface area contributed by atoms with Crippen molar-refractivity contribution in [3.63, 3.8) is 0 Å². The van der Waals surface area contributed by atoms with Gasteiger partial charge >= 0.3 is 5.97 Å². The van der Waals surface area contributed by atoms with Gasteiger partial charge in [0, 0.05) is 23.1 Å². The van der Waals surface area contributed by atoms with E-state index in [0.717, 1.165) is 5.56 Å². The maximum absolute atomic E-state index is 11.7. The molecule has 4 rings (SSSR count). The number of aromatic nitrogens is 1. The van der Waals surface area contributed by atoms with Crippen LogP contribution in [0.1, 0.15) is 27.4 Å². The summed E-state index contributed by atoms with van der Waals surface area (Å²) in [5.74, 6) is 0.102. The number of carboxylic acid groups (broad SMARTS) is 1. The third-order valence-corrected chi connectivity index (χ3v) is 4.62. The molecule has 0 atom stereocenters. The highest BCUT2D eigenvalue weighted by Crippen LogP contribution is 2.26. The predicted molar refractivity (Wildman–Crippen MR) is 113 cm³/mol. The normalized spacial score (nSPS) is 11.2. The molecule has 148 valence electrons. The quantitative estimate of drug-likeness (QED) is 0.346. The summed E-state index contributed by atoms with van der Waals surface area (Å²) in [5.41, 5.74) is 2.98. The van der Waals surface area contributed by atoms with Crippen molar-refractivity contribution in [2.24, 2.45) is 0 Å². The van der Waals surface area contributed by atoms with Crippen LogP contribution in [-0.4, -0.2) is 21.0 Å². The van der Waals surface area contributed by atoms with Gasteiger partial charge in [0.2, 0.25) is 0 Å². The van der Waals surface area contributed by atoms with Crippen LogP contribution in [0.15, 0.2) is 65.1 Å². The summed E-state index contributed by atoms with van der Waals surface area (Å²) in [6, 6.07) is 16.6. The molecule has 7 heteroatoms. The van der Waals surface area contributed by atoms with Crippen LogP contribution in [0.5, 0.6) is 0 Å². The lowest BCUT2D eigenvalue weighted by Gasteiger charge is -2.05. The van der Waals surface area contributed by atoms with E-state index in [0.29, 0.717) is 33.7 Å². The largest absolute Gasteiger partial charge is 0.478 e. The molecule has 0 saturated heterocycles. The summed E-state index contributed by atoms with van der Waals surface area (Å²) in [7, 11) is 0. The van der Waals surface area contributed by atoms with E-state index in [4.69, 9.17) is 4.42 Å². The van der Waals surface area contributed by atoms with E-state index in [2.05, 4.69) is 4.98 Å². The molecule has 0 saturated carbocycles. The maximum atomic E-state index is 11.7. The average Bonchev–Trinajstić information content (AvgIpc) is 3.21. The SMILES string of the molecule is Cc1ccc2nc(C=Cc3ccc(-c4ccc([N+](=O)[O-])cc4)o3)cc(C(=O)O)c2c1. The molecule has 4 aromatic rings. The number of nitro benzene ring substituents is 1. The molecular weight excluding hydrogens is 384 g/mol. The minimum Gasteiger partial charge on any atom is -0.478 e. The van der Waals surface area contributed by atoms with Gasteiger partial charge in [-0.15, -0.1) is 0 Å². The minimum atomic E-state index is -1.01. The standard InChI is InChI=1S/C23H16N2O5/c1-14-2-10-21-19(12-14)20(23(26)27)13-16(24-21)5-8-18-9-11-22(30-18)15-3-6-17(7-4-15)25(28)29/h2-13H,1H3,(H,26,27). The topological polar surface area (TPSA) is 106 Å². The first-order valence-corrected chi connectivity index (χ1v) is 9.08. The van der Waals surface area contributed by atoms with Crippen molar-refractivity contribution in [3.8, 4) is 11.3 Å². The summed E-state index contributed by atoms with van der Waals surface area (Å²) < 4.78 is 5.77. The molecule has 30 heavy (non-hydrogen) atoms. The van der Waals surface area contributed by atoms with E-state index in [-0.39, 0.29) is 11.3 Å². The summed E-state index contributed by atoms with van der Waals surface area (Å²) >= 11 is 0. The van der Waals surface area contributed by atoms with E-state index in [1.165, 1.54) is 18.2 Å². The van der Waals surface area contributed by atoms with Gasteiger partial charge in [0.25, 0.3) is 5.69 Å². The Morgan fingerprint density at radius 3 is 2.53 bits per heavy atom. The van der Waals surface area contributed by atoms with Crippen LogP contribution >= 0.6 is 0 Å². The van der Waals surface area contributed by atoms with Crippen LogP contribution in [0.25, 0.3) is 34.4 Å². The van der Waals surface area contributed by atoms with Crippen LogP contribution in [0, 0.1) is 17.0 Å². The number of furan rings is 1.